The number of nitrogens with two attached hydrogens (primary N) is 1. The van der Waals surface area contributed by atoms with Crippen molar-refractivity contribution in [2.45, 2.75) is 31.7 Å². The molecular formula is C11H17BrN4. The zero-order chi connectivity index (χ0) is 11.4. The van der Waals surface area contributed by atoms with E-state index in [-0.39, 0.29) is 0 Å². The monoisotopic (exact) mass is 284 g/mol. The third-order valence-electron chi connectivity index (χ3n) is 3.20. The molecular weight excluding hydrogens is 268 g/mol. The second-order valence-corrected chi connectivity index (χ2v) is 5.10. The largest absolute Gasteiger partial charge is 0.366 e. The molecule has 0 aromatic carbocycles. The first-order chi connectivity index (χ1) is 7.81. The lowest BCUT2D eigenvalue weighted by Crippen LogP contribution is -2.37. The van der Waals surface area contributed by atoms with Gasteiger partial charge < -0.3 is 11.1 Å². The lowest BCUT2D eigenvalue weighted by atomic mass is 9.84. The van der Waals surface area contributed by atoms with E-state index in [0.717, 1.165) is 16.8 Å². The molecule has 2 unspecified atom stereocenters. The summed E-state index contributed by atoms with van der Waals surface area (Å²) in [6, 6.07) is 0.449. The van der Waals surface area contributed by atoms with Gasteiger partial charge in [0.05, 0.1) is 4.47 Å². The van der Waals surface area contributed by atoms with E-state index in [1.807, 2.05) is 0 Å². The van der Waals surface area contributed by atoms with E-state index in [9.17, 15) is 0 Å². The maximum atomic E-state index is 5.80. The Labute approximate surface area is 104 Å². The Balaban J connectivity index is 2.05. The van der Waals surface area contributed by atoms with Crippen LogP contribution in [0.3, 0.4) is 0 Å². The van der Waals surface area contributed by atoms with Gasteiger partial charge in [-0.1, -0.05) is 12.8 Å². The summed E-state index contributed by atoms with van der Waals surface area (Å²) in [7, 11) is 0. The number of nitrogens with one attached hydrogen (secondary N) is 1. The van der Waals surface area contributed by atoms with Crippen molar-refractivity contribution in [1.82, 2.24) is 9.97 Å². The van der Waals surface area contributed by atoms with Crippen LogP contribution in [-0.2, 0) is 0 Å². The Hall–Kier alpha value is -0.680. The first-order valence-corrected chi connectivity index (χ1v) is 6.52. The fourth-order valence-corrected chi connectivity index (χ4v) is 2.61. The Morgan fingerprint density at radius 2 is 2.25 bits per heavy atom. The molecule has 1 aliphatic rings. The zero-order valence-electron chi connectivity index (χ0n) is 9.19. The van der Waals surface area contributed by atoms with Crippen molar-refractivity contribution in [2.24, 2.45) is 11.7 Å². The van der Waals surface area contributed by atoms with Gasteiger partial charge in [-0.15, -0.1) is 0 Å². The average Bonchev–Trinajstić information content (AvgIpc) is 2.33. The van der Waals surface area contributed by atoms with Crippen LogP contribution in [0.5, 0.6) is 0 Å². The second kappa shape index (κ2) is 5.59. The van der Waals surface area contributed by atoms with E-state index in [2.05, 4.69) is 31.2 Å². The van der Waals surface area contributed by atoms with Crippen LogP contribution in [0.15, 0.2) is 17.0 Å². The second-order valence-electron chi connectivity index (χ2n) is 4.25. The minimum Gasteiger partial charge on any atom is -0.366 e. The van der Waals surface area contributed by atoms with Gasteiger partial charge in [-0.05, 0) is 41.2 Å². The van der Waals surface area contributed by atoms with Crippen molar-refractivity contribution < 1.29 is 0 Å². The predicted molar refractivity (Wildman–Crippen MR) is 68.2 cm³/mol. The minimum atomic E-state index is 0.449. The van der Waals surface area contributed by atoms with Crippen molar-refractivity contribution in [3.63, 3.8) is 0 Å². The number of anilines is 1. The smallest absolute Gasteiger partial charge is 0.143 e. The SMILES string of the molecule is NCC1CCCCC1Nc1ncncc1Br. The van der Waals surface area contributed by atoms with Crippen LogP contribution in [0.25, 0.3) is 0 Å². The highest BCUT2D eigenvalue weighted by atomic mass is 79.9. The molecule has 1 fully saturated rings. The van der Waals surface area contributed by atoms with E-state index in [1.165, 1.54) is 25.7 Å². The molecule has 1 aromatic rings. The molecule has 0 radical (unpaired) electrons. The van der Waals surface area contributed by atoms with Crippen LogP contribution in [0, 0.1) is 5.92 Å². The fraction of sp³-hybridized carbons (Fsp3) is 0.636. The summed E-state index contributed by atoms with van der Waals surface area (Å²) in [5.74, 6) is 1.44. The zero-order valence-corrected chi connectivity index (χ0v) is 10.8. The Bertz CT molecular complexity index is 345. The molecule has 4 nitrogen and oxygen atoms in total. The van der Waals surface area contributed by atoms with E-state index in [4.69, 9.17) is 5.73 Å². The quantitative estimate of drug-likeness (QED) is 0.893. The first-order valence-electron chi connectivity index (χ1n) is 5.73. The van der Waals surface area contributed by atoms with Gasteiger partial charge in [0.1, 0.15) is 12.1 Å². The molecule has 2 atom stereocenters. The maximum absolute atomic E-state index is 5.80. The van der Waals surface area contributed by atoms with Gasteiger partial charge in [-0.3, -0.25) is 0 Å². The molecule has 1 aromatic heterocycles. The molecule has 1 heterocycles. The number of nitrogens with zero attached hydrogens (tertiary/aromatic N) is 2. The number of hydrogen-bond donors (Lipinski definition) is 2. The highest BCUT2D eigenvalue weighted by Gasteiger charge is 2.24. The van der Waals surface area contributed by atoms with Gasteiger partial charge in [0.15, 0.2) is 0 Å². The molecule has 88 valence electrons. The number of hydrogen-bond acceptors (Lipinski definition) is 4. The number of aromatic nitrogens is 2. The third kappa shape index (κ3) is 2.71. The summed E-state index contributed by atoms with van der Waals surface area (Å²) >= 11 is 3.45. The highest BCUT2D eigenvalue weighted by molar-refractivity contribution is 9.10. The molecule has 3 N–H and O–H groups in total. The molecule has 5 heteroatoms. The highest BCUT2D eigenvalue weighted by Crippen LogP contribution is 2.28. The summed E-state index contributed by atoms with van der Waals surface area (Å²) in [4.78, 5) is 8.19. The summed E-state index contributed by atoms with van der Waals surface area (Å²) < 4.78 is 0.913. The summed E-state index contributed by atoms with van der Waals surface area (Å²) in [6.07, 6.45) is 8.29. The third-order valence-corrected chi connectivity index (χ3v) is 3.78. The lowest BCUT2D eigenvalue weighted by Gasteiger charge is -2.31. The van der Waals surface area contributed by atoms with Crippen LogP contribution in [0.4, 0.5) is 5.82 Å². The summed E-state index contributed by atoms with van der Waals surface area (Å²) in [5, 5.41) is 3.47. The van der Waals surface area contributed by atoms with Crippen LogP contribution >= 0.6 is 15.9 Å². The van der Waals surface area contributed by atoms with Gasteiger partial charge >= 0.3 is 0 Å². The number of rotatable bonds is 3. The minimum absolute atomic E-state index is 0.449. The predicted octanol–water partition coefficient (Wildman–Crippen LogP) is 2.17. The normalized spacial score (nSPS) is 25.4. The van der Waals surface area contributed by atoms with E-state index >= 15 is 0 Å². The molecule has 0 saturated heterocycles. The molecule has 2 rings (SSSR count). The van der Waals surface area contributed by atoms with Crippen molar-refractivity contribution in [2.75, 3.05) is 11.9 Å². The summed E-state index contributed by atoms with van der Waals surface area (Å²) in [5.41, 5.74) is 5.80. The summed E-state index contributed by atoms with van der Waals surface area (Å²) in [6.45, 7) is 0.750. The van der Waals surface area contributed by atoms with Gasteiger partial charge in [0.2, 0.25) is 0 Å². The molecule has 0 amide bonds. The Morgan fingerprint density at radius 1 is 1.44 bits per heavy atom. The van der Waals surface area contributed by atoms with E-state index in [0.29, 0.717) is 12.0 Å². The van der Waals surface area contributed by atoms with Crippen LogP contribution < -0.4 is 11.1 Å². The van der Waals surface area contributed by atoms with Gasteiger partial charge in [-0.2, -0.15) is 0 Å². The van der Waals surface area contributed by atoms with Gasteiger partial charge in [0.25, 0.3) is 0 Å². The molecule has 1 aliphatic carbocycles. The average molecular weight is 285 g/mol. The fourth-order valence-electron chi connectivity index (χ4n) is 2.27. The molecule has 0 spiro atoms. The van der Waals surface area contributed by atoms with E-state index < -0.39 is 0 Å². The molecule has 0 bridgehead atoms. The van der Waals surface area contributed by atoms with Crippen molar-refractivity contribution in [3.8, 4) is 0 Å². The standard InChI is InChI=1S/C11H17BrN4/c12-9-6-14-7-15-11(9)16-10-4-2-1-3-8(10)5-13/h6-8,10H,1-5,13H2,(H,14,15,16). The molecule has 0 aliphatic heterocycles. The van der Waals surface area contributed by atoms with Crippen molar-refractivity contribution in [1.29, 1.82) is 0 Å². The van der Waals surface area contributed by atoms with Crippen molar-refractivity contribution in [3.05, 3.63) is 17.0 Å². The topological polar surface area (TPSA) is 63.8 Å². The van der Waals surface area contributed by atoms with Crippen molar-refractivity contribution >= 4 is 21.7 Å². The van der Waals surface area contributed by atoms with Crippen LogP contribution in [-0.4, -0.2) is 22.6 Å². The van der Waals surface area contributed by atoms with E-state index in [1.54, 1.807) is 12.5 Å². The van der Waals surface area contributed by atoms with Crippen LogP contribution in [0.2, 0.25) is 0 Å². The van der Waals surface area contributed by atoms with Gasteiger partial charge in [-0.25, -0.2) is 9.97 Å². The number of halogens is 1. The first kappa shape index (κ1) is 11.8. The molecule has 16 heavy (non-hydrogen) atoms. The maximum Gasteiger partial charge on any atom is 0.143 e. The Morgan fingerprint density at radius 3 is 3.00 bits per heavy atom. The molecule has 1 saturated carbocycles. The van der Waals surface area contributed by atoms with Gasteiger partial charge in [0, 0.05) is 12.2 Å². The lowest BCUT2D eigenvalue weighted by molar-refractivity contribution is 0.332. The Kier molecular flexibility index (Phi) is 4.12. The van der Waals surface area contributed by atoms with Crippen LogP contribution in [0.1, 0.15) is 25.7 Å².